The van der Waals surface area contributed by atoms with Gasteiger partial charge in [0.2, 0.25) is 0 Å². The zero-order valence-electron chi connectivity index (χ0n) is 12.8. The molecule has 6 nitrogen and oxygen atoms in total. The van der Waals surface area contributed by atoms with E-state index in [2.05, 4.69) is 0 Å². The number of nitro benzene ring substituents is 1. The maximum absolute atomic E-state index is 10.7. The van der Waals surface area contributed by atoms with Crippen LogP contribution in [0.1, 0.15) is 27.7 Å². The van der Waals surface area contributed by atoms with Crippen molar-refractivity contribution in [3.05, 3.63) is 34.4 Å². The van der Waals surface area contributed by atoms with Crippen LogP contribution in [-0.2, 0) is 9.31 Å². The number of hydrogen-bond donors (Lipinski definition) is 0. The fourth-order valence-corrected chi connectivity index (χ4v) is 2.04. The van der Waals surface area contributed by atoms with Crippen LogP contribution in [0.5, 0.6) is 5.75 Å². The van der Waals surface area contributed by atoms with Crippen molar-refractivity contribution in [1.82, 2.24) is 0 Å². The Morgan fingerprint density at radius 3 is 2.43 bits per heavy atom. The molecule has 0 spiro atoms. The number of benzene rings is 1. The molecular formula is C14H20BNO5. The molecule has 1 saturated heterocycles. The Morgan fingerprint density at radius 1 is 1.24 bits per heavy atom. The number of hydrogen-bond acceptors (Lipinski definition) is 5. The molecule has 1 aliphatic rings. The molecule has 0 aromatic heterocycles. The SMILES string of the molecule is CC1(C)OB(CCOc2cccc([N+](=O)[O-])c2)OC1(C)C. The summed E-state index contributed by atoms with van der Waals surface area (Å²) >= 11 is 0. The van der Waals surface area contributed by atoms with E-state index in [0.717, 1.165) is 0 Å². The molecule has 1 heterocycles. The Morgan fingerprint density at radius 2 is 1.86 bits per heavy atom. The predicted octanol–water partition coefficient (Wildman–Crippen LogP) is 3.07. The van der Waals surface area contributed by atoms with Crippen LogP contribution >= 0.6 is 0 Å². The van der Waals surface area contributed by atoms with Gasteiger partial charge in [-0.1, -0.05) is 6.07 Å². The smallest absolute Gasteiger partial charge is 0.461 e. The lowest BCUT2D eigenvalue weighted by Crippen LogP contribution is -2.41. The molecule has 7 heteroatoms. The summed E-state index contributed by atoms with van der Waals surface area (Å²) in [4.78, 5) is 10.2. The van der Waals surface area contributed by atoms with Gasteiger partial charge in [0.25, 0.3) is 5.69 Å². The lowest BCUT2D eigenvalue weighted by Gasteiger charge is -2.32. The lowest BCUT2D eigenvalue weighted by molar-refractivity contribution is -0.384. The average molecular weight is 293 g/mol. The van der Waals surface area contributed by atoms with Gasteiger partial charge in [0, 0.05) is 12.4 Å². The molecule has 1 aromatic rings. The highest BCUT2D eigenvalue weighted by Gasteiger charge is 2.50. The number of nitro groups is 1. The first-order valence-corrected chi connectivity index (χ1v) is 6.94. The largest absolute Gasteiger partial charge is 0.494 e. The monoisotopic (exact) mass is 293 g/mol. The van der Waals surface area contributed by atoms with E-state index in [1.807, 2.05) is 27.7 Å². The second-order valence-corrected chi connectivity index (χ2v) is 6.08. The molecule has 1 fully saturated rings. The number of non-ortho nitro benzene ring substituents is 1. The molecule has 0 unspecified atom stereocenters. The van der Waals surface area contributed by atoms with Gasteiger partial charge in [-0.05, 0) is 33.8 Å². The molecule has 0 amide bonds. The Hall–Kier alpha value is -1.60. The van der Waals surface area contributed by atoms with Gasteiger partial charge < -0.3 is 14.0 Å². The fourth-order valence-electron chi connectivity index (χ4n) is 2.04. The third-order valence-corrected chi connectivity index (χ3v) is 3.95. The second-order valence-electron chi connectivity index (χ2n) is 6.08. The normalized spacial score (nSPS) is 19.5. The topological polar surface area (TPSA) is 70.8 Å². The van der Waals surface area contributed by atoms with E-state index < -0.39 is 4.92 Å². The third-order valence-electron chi connectivity index (χ3n) is 3.95. The van der Waals surface area contributed by atoms with E-state index in [1.165, 1.54) is 12.1 Å². The molecule has 0 bridgehead atoms. The van der Waals surface area contributed by atoms with Crippen LogP contribution in [0.4, 0.5) is 5.69 Å². The maximum atomic E-state index is 10.7. The summed E-state index contributed by atoms with van der Waals surface area (Å²) in [6.45, 7) is 8.35. The highest BCUT2D eigenvalue weighted by Crippen LogP contribution is 2.37. The summed E-state index contributed by atoms with van der Waals surface area (Å²) in [5.74, 6) is 0.473. The van der Waals surface area contributed by atoms with Crippen molar-refractivity contribution in [3.8, 4) is 5.75 Å². The minimum Gasteiger partial charge on any atom is -0.494 e. The second kappa shape index (κ2) is 5.65. The first-order chi connectivity index (χ1) is 9.71. The first-order valence-electron chi connectivity index (χ1n) is 6.94. The summed E-state index contributed by atoms with van der Waals surface area (Å²) in [5, 5.41) is 10.7. The van der Waals surface area contributed by atoms with E-state index >= 15 is 0 Å². The number of ether oxygens (including phenoxy) is 1. The highest BCUT2D eigenvalue weighted by atomic mass is 16.7. The van der Waals surface area contributed by atoms with Crippen LogP contribution in [-0.4, -0.2) is 29.9 Å². The van der Waals surface area contributed by atoms with Crippen molar-refractivity contribution >= 4 is 12.8 Å². The molecule has 0 saturated carbocycles. The summed E-state index contributed by atoms with van der Waals surface area (Å²) in [5.41, 5.74) is -0.699. The van der Waals surface area contributed by atoms with E-state index in [-0.39, 0.29) is 24.0 Å². The van der Waals surface area contributed by atoms with Gasteiger partial charge in [-0.3, -0.25) is 10.1 Å². The van der Waals surface area contributed by atoms with Gasteiger partial charge in [0.1, 0.15) is 5.75 Å². The van der Waals surface area contributed by atoms with Crippen molar-refractivity contribution in [2.24, 2.45) is 0 Å². The number of nitrogens with zero attached hydrogens (tertiary/aromatic N) is 1. The van der Waals surface area contributed by atoms with E-state index in [0.29, 0.717) is 18.7 Å². The standard InChI is InChI=1S/C14H20BNO5/c1-13(2)14(3,4)21-15(20-13)8-9-19-12-7-5-6-11(10-12)16(17)18/h5-7,10H,8-9H2,1-4H3. The van der Waals surface area contributed by atoms with Crippen LogP contribution in [0.15, 0.2) is 24.3 Å². The quantitative estimate of drug-likeness (QED) is 0.474. The first kappa shape index (κ1) is 15.8. The minimum absolute atomic E-state index is 0.0168. The molecule has 2 rings (SSSR count). The van der Waals surface area contributed by atoms with E-state index in [9.17, 15) is 10.1 Å². The van der Waals surface area contributed by atoms with Gasteiger partial charge >= 0.3 is 7.12 Å². The molecule has 0 atom stereocenters. The van der Waals surface area contributed by atoms with Gasteiger partial charge in [-0.15, -0.1) is 0 Å². The average Bonchev–Trinajstić information content (AvgIpc) is 2.58. The Kier molecular flexibility index (Phi) is 4.25. The summed E-state index contributed by atoms with van der Waals surface area (Å²) in [6, 6.07) is 6.13. The van der Waals surface area contributed by atoms with Crippen molar-refractivity contribution in [3.63, 3.8) is 0 Å². The minimum atomic E-state index is -0.443. The molecule has 0 N–H and O–H groups in total. The molecule has 1 aliphatic heterocycles. The van der Waals surface area contributed by atoms with Crippen LogP contribution in [0.25, 0.3) is 0 Å². The van der Waals surface area contributed by atoms with Gasteiger partial charge in [-0.2, -0.15) is 0 Å². The van der Waals surface area contributed by atoms with Crippen LogP contribution in [0, 0.1) is 10.1 Å². The summed E-state index contributed by atoms with van der Waals surface area (Å²) < 4.78 is 17.2. The van der Waals surface area contributed by atoms with Gasteiger partial charge in [0.15, 0.2) is 0 Å². The molecule has 1 aromatic carbocycles. The van der Waals surface area contributed by atoms with Crippen molar-refractivity contribution in [2.45, 2.75) is 45.2 Å². The summed E-state index contributed by atoms with van der Waals surface area (Å²) in [6.07, 6.45) is 0.565. The summed E-state index contributed by atoms with van der Waals surface area (Å²) in [7, 11) is -0.325. The highest BCUT2D eigenvalue weighted by molar-refractivity contribution is 6.45. The van der Waals surface area contributed by atoms with Crippen LogP contribution in [0.2, 0.25) is 6.32 Å². The van der Waals surface area contributed by atoms with Crippen molar-refractivity contribution < 1.29 is 19.0 Å². The van der Waals surface area contributed by atoms with Crippen molar-refractivity contribution in [1.29, 1.82) is 0 Å². The fraction of sp³-hybridized carbons (Fsp3) is 0.571. The molecule has 0 aliphatic carbocycles. The lowest BCUT2D eigenvalue weighted by atomic mass is 9.86. The van der Waals surface area contributed by atoms with E-state index in [1.54, 1.807) is 12.1 Å². The zero-order chi connectivity index (χ0) is 15.7. The van der Waals surface area contributed by atoms with Gasteiger partial charge in [0.05, 0.1) is 28.8 Å². The third kappa shape index (κ3) is 3.54. The number of rotatable bonds is 5. The predicted molar refractivity (Wildman–Crippen MR) is 79.5 cm³/mol. The molecule has 114 valence electrons. The Labute approximate surface area is 124 Å². The molecular weight excluding hydrogens is 273 g/mol. The van der Waals surface area contributed by atoms with Crippen LogP contribution in [0.3, 0.4) is 0 Å². The Balaban J connectivity index is 1.86. The van der Waals surface area contributed by atoms with Gasteiger partial charge in [-0.25, -0.2) is 0 Å². The van der Waals surface area contributed by atoms with Crippen molar-refractivity contribution in [2.75, 3.05) is 6.61 Å². The maximum Gasteiger partial charge on any atom is 0.461 e. The zero-order valence-corrected chi connectivity index (χ0v) is 12.8. The molecule has 0 radical (unpaired) electrons. The van der Waals surface area contributed by atoms with Crippen LogP contribution < -0.4 is 4.74 Å². The Bertz CT molecular complexity index is 516. The van der Waals surface area contributed by atoms with E-state index in [4.69, 9.17) is 14.0 Å². The molecule has 21 heavy (non-hydrogen) atoms.